The molecule has 10 heteroatoms. The number of likely N-dealkylation sites (tertiary alicyclic amines) is 1. The summed E-state index contributed by atoms with van der Waals surface area (Å²) in [6.07, 6.45) is -1.02. The Kier molecular flexibility index (Phi) is 8.56. The van der Waals surface area contributed by atoms with Gasteiger partial charge < -0.3 is 25.2 Å². The summed E-state index contributed by atoms with van der Waals surface area (Å²) in [6.45, 7) is 15.8. The van der Waals surface area contributed by atoms with Gasteiger partial charge in [-0.3, -0.25) is 9.69 Å². The molecule has 1 heterocycles. The van der Waals surface area contributed by atoms with Gasteiger partial charge in [0, 0.05) is 12.6 Å². The zero-order valence-corrected chi connectivity index (χ0v) is 20.7. The molecule has 0 radical (unpaired) electrons. The quantitative estimate of drug-likeness (QED) is 0.591. The number of rotatable bonds is 4. The van der Waals surface area contributed by atoms with E-state index in [0.29, 0.717) is 6.42 Å². The second kappa shape index (κ2) is 9.95. The van der Waals surface area contributed by atoms with E-state index in [0.717, 1.165) is 0 Å². The van der Waals surface area contributed by atoms with Crippen molar-refractivity contribution in [2.24, 2.45) is 5.41 Å². The Morgan fingerprint density at radius 3 is 1.91 bits per heavy atom. The van der Waals surface area contributed by atoms with E-state index in [-0.39, 0.29) is 13.0 Å². The number of ether oxygens (including phenoxy) is 2. The van der Waals surface area contributed by atoms with Gasteiger partial charge in [-0.25, -0.2) is 14.4 Å². The van der Waals surface area contributed by atoms with Crippen molar-refractivity contribution in [1.82, 2.24) is 15.5 Å². The van der Waals surface area contributed by atoms with Crippen LogP contribution in [0, 0.1) is 5.41 Å². The van der Waals surface area contributed by atoms with E-state index < -0.39 is 58.8 Å². The highest BCUT2D eigenvalue weighted by Gasteiger charge is 2.41. The van der Waals surface area contributed by atoms with Crippen LogP contribution in [0.3, 0.4) is 0 Å². The third-order valence-electron chi connectivity index (χ3n) is 4.65. The Bertz CT molecular complexity index is 717. The second-order valence-electron chi connectivity index (χ2n) is 11.2. The lowest BCUT2D eigenvalue weighted by Crippen LogP contribution is -2.59. The number of carboxylic acid groups (broad SMARTS) is 1. The van der Waals surface area contributed by atoms with E-state index in [1.807, 2.05) is 0 Å². The number of amides is 3. The molecule has 0 aromatic rings. The summed E-state index contributed by atoms with van der Waals surface area (Å²) in [5.41, 5.74) is -2.09. The maximum atomic E-state index is 13.0. The number of aliphatic carboxylic acids is 1. The Morgan fingerprint density at radius 1 is 0.938 bits per heavy atom. The van der Waals surface area contributed by atoms with Crippen molar-refractivity contribution in [3.05, 3.63) is 0 Å². The summed E-state index contributed by atoms with van der Waals surface area (Å²) in [7, 11) is 0. The molecule has 0 bridgehead atoms. The maximum Gasteiger partial charge on any atom is 0.411 e. The summed E-state index contributed by atoms with van der Waals surface area (Å²) in [6, 6.07) is -2.51. The molecule has 3 N–H and O–H groups in total. The van der Waals surface area contributed by atoms with Gasteiger partial charge in [0.25, 0.3) is 0 Å². The van der Waals surface area contributed by atoms with Crippen LogP contribution in [0.2, 0.25) is 0 Å². The van der Waals surface area contributed by atoms with E-state index in [1.54, 1.807) is 62.3 Å². The molecule has 1 fully saturated rings. The van der Waals surface area contributed by atoms with E-state index in [1.165, 1.54) is 4.90 Å². The molecule has 10 nitrogen and oxygen atoms in total. The number of alkyl carbamates (subject to hydrolysis) is 1. The van der Waals surface area contributed by atoms with Gasteiger partial charge >= 0.3 is 18.2 Å². The number of hydrogen-bond acceptors (Lipinski definition) is 6. The molecule has 3 amide bonds. The Balaban J connectivity index is 2.89. The van der Waals surface area contributed by atoms with Gasteiger partial charge in [0.15, 0.2) is 0 Å². The normalized spacial score (nSPS) is 20.7. The lowest BCUT2D eigenvalue weighted by atomic mass is 9.85. The maximum absolute atomic E-state index is 13.0. The number of piperidine rings is 1. The zero-order valence-electron chi connectivity index (χ0n) is 20.7. The van der Waals surface area contributed by atoms with Crippen molar-refractivity contribution < 1.29 is 33.8 Å². The molecule has 0 aromatic carbocycles. The van der Waals surface area contributed by atoms with E-state index in [2.05, 4.69) is 10.6 Å². The first-order valence-corrected chi connectivity index (χ1v) is 10.8. The molecule has 1 saturated heterocycles. The van der Waals surface area contributed by atoms with Gasteiger partial charge in [0.1, 0.15) is 23.3 Å². The van der Waals surface area contributed by atoms with Gasteiger partial charge in [-0.05, 0) is 59.8 Å². The van der Waals surface area contributed by atoms with Gasteiger partial charge in [0.05, 0.1) is 0 Å². The van der Waals surface area contributed by atoms with Crippen LogP contribution < -0.4 is 10.6 Å². The number of hydrogen-bond donors (Lipinski definition) is 3. The number of carbonyl (C=O) groups is 4. The number of nitrogens with one attached hydrogen (secondary N) is 2. The summed E-state index contributed by atoms with van der Waals surface area (Å²) >= 11 is 0. The fourth-order valence-electron chi connectivity index (χ4n) is 3.25. The van der Waals surface area contributed by atoms with Crippen molar-refractivity contribution in [2.75, 3.05) is 6.54 Å². The van der Waals surface area contributed by atoms with Crippen molar-refractivity contribution in [3.63, 3.8) is 0 Å². The average Bonchev–Trinajstić information content (AvgIpc) is 2.55. The minimum Gasteiger partial charge on any atom is -0.480 e. The fourth-order valence-corrected chi connectivity index (χ4v) is 3.25. The smallest absolute Gasteiger partial charge is 0.411 e. The van der Waals surface area contributed by atoms with Crippen LogP contribution in [0.15, 0.2) is 0 Å². The molecule has 184 valence electrons. The van der Waals surface area contributed by atoms with Crippen LogP contribution in [0.25, 0.3) is 0 Å². The van der Waals surface area contributed by atoms with Gasteiger partial charge in [-0.1, -0.05) is 20.8 Å². The lowest BCUT2D eigenvalue weighted by molar-refractivity contribution is -0.145. The largest absolute Gasteiger partial charge is 0.480 e. The second-order valence-corrected chi connectivity index (χ2v) is 11.2. The number of carbonyl (C=O) groups excluding carboxylic acids is 3. The topological polar surface area (TPSA) is 134 Å². The molecule has 1 rings (SSSR count). The van der Waals surface area contributed by atoms with Gasteiger partial charge in [0.2, 0.25) is 5.91 Å². The highest BCUT2D eigenvalue weighted by atomic mass is 16.6. The molecule has 1 aliphatic rings. The molecular weight excluding hydrogens is 418 g/mol. The minimum atomic E-state index is -1.17. The molecule has 32 heavy (non-hydrogen) atoms. The first-order valence-electron chi connectivity index (χ1n) is 10.8. The highest BCUT2D eigenvalue weighted by molar-refractivity contribution is 5.87. The van der Waals surface area contributed by atoms with Gasteiger partial charge in [-0.2, -0.15) is 0 Å². The van der Waals surface area contributed by atoms with Crippen LogP contribution in [0.1, 0.15) is 75.2 Å². The zero-order chi connectivity index (χ0) is 25.1. The predicted octanol–water partition coefficient (Wildman–Crippen LogP) is 2.89. The van der Waals surface area contributed by atoms with Crippen molar-refractivity contribution >= 4 is 24.1 Å². The third-order valence-corrected chi connectivity index (χ3v) is 4.65. The fraction of sp³-hybridized carbons (Fsp3) is 0.818. The highest BCUT2D eigenvalue weighted by Crippen LogP contribution is 2.24. The van der Waals surface area contributed by atoms with Crippen molar-refractivity contribution in [2.45, 2.75) is 104 Å². The van der Waals surface area contributed by atoms with Crippen LogP contribution in [0.5, 0.6) is 0 Å². The molecule has 1 aliphatic heterocycles. The summed E-state index contributed by atoms with van der Waals surface area (Å²) in [5, 5.41) is 15.1. The predicted molar refractivity (Wildman–Crippen MR) is 118 cm³/mol. The SMILES string of the molecule is CC(C)(C)OC(=O)N[C@H](C(=O)NC1CCN(C(=O)OC(C)(C)C)C(C(=O)O)C1)C(C)(C)C. The molecule has 0 aromatic heterocycles. The summed E-state index contributed by atoms with van der Waals surface area (Å²) in [4.78, 5) is 50.6. The van der Waals surface area contributed by atoms with E-state index in [4.69, 9.17) is 9.47 Å². The molecule has 0 saturated carbocycles. The molecule has 3 atom stereocenters. The first kappa shape index (κ1) is 27.5. The first-order chi connectivity index (χ1) is 14.3. The molecule has 0 aliphatic carbocycles. The molecule has 2 unspecified atom stereocenters. The van der Waals surface area contributed by atoms with Crippen LogP contribution >= 0.6 is 0 Å². The monoisotopic (exact) mass is 457 g/mol. The van der Waals surface area contributed by atoms with Gasteiger partial charge in [-0.15, -0.1) is 0 Å². The molecular formula is C22H39N3O7. The Labute approximate surface area is 190 Å². The van der Waals surface area contributed by atoms with Crippen molar-refractivity contribution in [3.8, 4) is 0 Å². The van der Waals surface area contributed by atoms with Crippen LogP contribution in [0.4, 0.5) is 9.59 Å². The summed E-state index contributed by atoms with van der Waals surface area (Å²) < 4.78 is 10.6. The molecule has 0 spiro atoms. The minimum absolute atomic E-state index is 0.0314. The van der Waals surface area contributed by atoms with E-state index in [9.17, 15) is 24.3 Å². The Morgan fingerprint density at radius 2 is 1.47 bits per heavy atom. The average molecular weight is 458 g/mol. The Hall–Kier alpha value is -2.52. The van der Waals surface area contributed by atoms with E-state index >= 15 is 0 Å². The lowest BCUT2D eigenvalue weighted by Gasteiger charge is -2.39. The summed E-state index contributed by atoms with van der Waals surface area (Å²) in [5.74, 6) is -1.61. The third kappa shape index (κ3) is 8.92. The van der Waals surface area contributed by atoms with Crippen molar-refractivity contribution in [1.29, 1.82) is 0 Å². The number of nitrogens with zero attached hydrogens (tertiary/aromatic N) is 1. The van der Waals surface area contributed by atoms with Crippen LogP contribution in [-0.2, 0) is 19.1 Å². The standard InChI is InChI=1S/C22H39N3O7/c1-20(2,3)15(24-18(29)31-21(4,5)6)16(26)23-13-10-11-25(14(12-13)17(27)28)19(30)32-22(7,8)9/h13-15H,10-12H2,1-9H3,(H,23,26)(H,24,29)(H,27,28)/t13?,14?,15-/m1/s1. The number of carboxylic acids is 1. The van der Waals surface area contributed by atoms with Crippen LogP contribution in [-0.4, -0.2) is 69.9 Å².